The maximum absolute atomic E-state index is 11.3. The van der Waals surface area contributed by atoms with E-state index in [2.05, 4.69) is 5.32 Å². The highest BCUT2D eigenvalue weighted by molar-refractivity contribution is 5.84. The standard InChI is InChI=1S/C12H16N2O5/c13-8(12(18)19)6-11(17)14-4-3-7-1-2-9(15)10(16)5-7/h1-2,5,8,15-16H,3-4,6,13H2,(H,14,17)(H,18,19). The molecule has 0 aliphatic rings. The van der Waals surface area contributed by atoms with Crippen molar-refractivity contribution in [2.45, 2.75) is 18.9 Å². The van der Waals surface area contributed by atoms with Crippen LogP contribution in [0.4, 0.5) is 0 Å². The number of hydrogen-bond acceptors (Lipinski definition) is 5. The summed E-state index contributed by atoms with van der Waals surface area (Å²) in [5, 5.41) is 29.4. The van der Waals surface area contributed by atoms with E-state index < -0.39 is 17.9 Å². The Morgan fingerprint density at radius 2 is 1.95 bits per heavy atom. The largest absolute Gasteiger partial charge is 0.504 e. The third-order valence-corrected chi connectivity index (χ3v) is 2.50. The van der Waals surface area contributed by atoms with Gasteiger partial charge in [0.15, 0.2) is 11.5 Å². The number of carbonyl (C=O) groups excluding carboxylic acids is 1. The monoisotopic (exact) mass is 268 g/mol. The molecule has 0 bridgehead atoms. The average molecular weight is 268 g/mol. The smallest absolute Gasteiger partial charge is 0.321 e. The fourth-order valence-electron chi connectivity index (χ4n) is 1.43. The van der Waals surface area contributed by atoms with Gasteiger partial charge in [-0.25, -0.2) is 0 Å². The zero-order valence-electron chi connectivity index (χ0n) is 10.2. The zero-order chi connectivity index (χ0) is 14.4. The van der Waals surface area contributed by atoms with Crippen LogP contribution < -0.4 is 11.1 Å². The number of rotatable bonds is 6. The van der Waals surface area contributed by atoms with Crippen molar-refractivity contribution in [2.24, 2.45) is 5.73 Å². The highest BCUT2D eigenvalue weighted by Gasteiger charge is 2.15. The van der Waals surface area contributed by atoms with E-state index in [1.54, 1.807) is 6.07 Å². The van der Waals surface area contributed by atoms with E-state index in [9.17, 15) is 14.7 Å². The molecule has 104 valence electrons. The minimum absolute atomic E-state index is 0.208. The molecular weight excluding hydrogens is 252 g/mol. The molecule has 0 heterocycles. The Morgan fingerprint density at radius 3 is 2.53 bits per heavy atom. The van der Waals surface area contributed by atoms with Crippen molar-refractivity contribution in [1.82, 2.24) is 5.32 Å². The Balaban J connectivity index is 2.35. The fraction of sp³-hybridized carbons (Fsp3) is 0.333. The first kappa shape index (κ1) is 14.8. The molecular formula is C12H16N2O5. The van der Waals surface area contributed by atoms with Gasteiger partial charge in [-0.3, -0.25) is 9.59 Å². The molecule has 19 heavy (non-hydrogen) atoms. The van der Waals surface area contributed by atoms with Gasteiger partial charge in [-0.2, -0.15) is 0 Å². The average Bonchev–Trinajstić information content (AvgIpc) is 2.33. The number of aliphatic carboxylic acids is 1. The molecule has 0 aliphatic carbocycles. The molecule has 1 aromatic rings. The summed E-state index contributed by atoms with van der Waals surface area (Å²) in [5.74, 6) is -2.10. The van der Waals surface area contributed by atoms with Gasteiger partial charge in [-0.15, -0.1) is 0 Å². The summed E-state index contributed by atoms with van der Waals surface area (Å²) in [5.41, 5.74) is 5.95. The molecule has 1 rings (SSSR count). The molecule has 0 aromatic heterocycles. The maximum Gasteiger partial charge on any atom is 0.321 e. The number of phenols is 2. The van der Waals surface area contributed by atoms with Crippen molar-refractivity contribution < 1.29 is 24.9 Å². The second-order valence-corrected chi connectivity index (χ2v) is 4.07. The number of carbonyl (C=O) groups is 2. The van der Waals surface area contributed by atoms with E-state index in [4.69, 9.17) is 15.9 Å². The van der Waals surface area contributed by atoms with Crippen LogP contribution in [0.5, 0.6) is 11.5 Å². The molecule has 0 saturated heterocycles. The van der Waals surface area contributed by atoms with E-state index in [1.165, 1.54) is 12.1 Å². The molecule has 0 aliphatic heterocycles. The fourth-order valence-corrected chi connectivity index (χ4v) is 1.43. The summed E-state index contributed by atoms with van der Waals surface area (Å²) < 4.78 is 0. The van der Waals surface area contributed by atoms with Crippen molar-refractivity contribution in [1.29, 1.82) is 0 Å². The van der Waals surface area contributed by atoms with Gasteiger partial charge in [0.1, 0.15) is 6.04 Å². The van der Waals surface area contributed by atoms with Crippen molar-refractivity contribution >= 4 is 11.9 Å². The molecule has 0 fully saturated rings. The number of aromatic hydroxyl groups is 2. The predicted molar refractivity (Wildman–Crippen MR) is 66.7 cm³/mol. The normalized spacial score (nSPS) is 11.8. The van der Waals surface area contributed by atoms with Gasteiger partial charge in [0, 0.05) is 6.54 Å². The number of benzene rings is 1. The molecule has 1 aromatic carbocycles. The molecule has 0 saturated carbocycles. The lowest BCUT2D eigenvalue weighted by Crippen LogP contribution is -2.37. The van der Waals surface area contributed by atoms with E-state index >= 15 is 0 Å². The molecule has 7 nitrogen and oxygen atoms in total. The summed E-state index contributed by atoms with van der Waals surface area (Å²) in [6.07, 6.45) is 0.165. The first-order valence-electron chi connectivity index (χ1n) is 5.66. The summed E-state index contributed by atoms with van der Waals surface area (Å²) >= 11 is 0. The van der Waals surface area contributed by atoms with Gasteiger partial charge in [-0.1, -0.05) is 6.07 Å². The summed E-state index contributed by atoms with van der Waals surface area (Å²) in [4.78, 5) is 21.8. The van der Waals surface area contributed by atoms with Gasteiger partial charge in [0.25, 0.3) is 0 Å². The molecule has 0 spiro atoms. The number of carboxylic acids is 1. The quantitative estimate of drug-likeness (QED) is 0.444. The van der Waals surface area contributed by atoms with Gasteiger partial charge in [-0.05, 0) is 24.1 Å². The van der Waals surface area contributed by atoms with Crippen LogP contribution >= 0.6 is 0 Å². The first-order valence-corrected chi connectivity index (χ1v) is 5.66. The minimum Gasteiger partial charge on any atom is -0.504 e. The number of phenolic OH excluding ortho intramolecular Hbond substituents is 2. The Morgan fingerprint density at radius 1 is 1.26 bits per heavy atom. The lowest BCUT2D eigenvalue weighted by molar-refractivity contribution is -0.140. The topological polar surface area (TPSA) is 133 Å². The number of hydrogen-bond donors (Lipinski definition) is 5. The lowest BCUT2D eigenvalue weighted by Gasteiger charge is -2.08. The van der Waals surface area contributed by atoms with Crippen molar-refractivity contribution in [3.63, 3.8) is 0 Å². The van der Waals surface area contributed by atoms with Crippen LogP contribution in [-0.2, 0) is 16.0 Å². The lowest BCUT2D eigenvalue weighted by atomic mass is 10.1. The number of nitrogens with one attached hydrogen (secondary N) is 1. The van der Waals surface area contributed by atoms with Crippen molar-refractivity contribution in [3.05, 3.63) is 23.8 Å². The molecule has 1 unspecified atom stereocenters. The van der Waals surface area contributed by atoms with Crippen LogP contribution in [-0.4, -0.2) is 39.8 Å². The maximum atomic E-state index is 11.3. The van der Waals surface area contributed by atoms with Gasteiger partial charge in [0.05, 0.1) is 6.42 Å². The zero-order valence-corrected chi connectivity index (χ0v) is 10.2. The molecule has 6 N–H and O–H groups in total. The van der Waals surface area contributed by atoms with Gasteiger partial charge in [0.2, 0.25) is 5.91 Å². The highest BCUT2D eigenvalue weighted by atomic mass is 16.4. The van der Waals surface area contributed by atoms with Crippen LogP contribution in [0.15, 0.2) is 18.2 Å². The van der Waals surface area contributed by atoms with E-state index in [0.717, 1.165) is 5.56 Å². The summed E-state index contributed by atoms with van der Waals surface area (Å²) in [6.45, 7) is 0.287. The minimum atomic E-state index is -1.22. The summed E-state index contributed by atoms with van der Waals surface area (Å²) in [7, 11) is 0. The van der Waals surface area contributed by atoms with Crippen molar-refractivity contribution in [2.75, 3.05) is 6.54 Å². The predicted octanol–water partition coefficient (Wildman–Crippen LogP) is -0.442. The van der Waals surface area contributed by atoms with Crippen LogP contribution in [0.25, 0.3) is 0 Å². The number of carboxylic acid groups (broad SMARTS) is 1. The molecule has 7 heteroatoms. The Hall–Kier alpha value is -2.28. The van der Waals surface area contributed by atoms with Crippen molar-refractivity contribution in [3.8, 4) is 11.5 Å². The van der Waals surface area contributed by atoms with Gasteiger partial charge < -0.3 is 26.4 Å². The van der Waals surface area contributed by atoms with E-state index in [0.29, 0.717) is 6.42 Å². The van der Waals surface area contributed by atoms with Gasteiger partial charge >= 0.3 is 5.97 Å². The third kappa shape index (κ3) is 4.84. The Kier molecular flexibility index (Phi) is 5.13. The Labute approximate surface area is 109 Å². The highest BCUT2D eigenvalue weighted by Crippen LogP contribution is 2.24. The number of nitrogens with two attached hydrogens (primary N) is 1. The van der Waals surface area contributed by atoms with Crippen LogP contribution in [0.2, 0.25) is 0 Å². The SMILES string of the molecule is NC(CC(=O)NCCc1ccc(O)c(O)c1)C(=O)O. The van der Waals surface area contributed by atoms with Crippen LogP contribution in [0.3, 0.4) is 0 Å². The second-order valence-electron chi connectivity index (χ2n) is 4.07. The van der Waals surface area contributed by atoms with Crippen LogP contribution in [0.1, 0.15) is 12.0 Å². The molecule has 1 atom stereocenters. The summed E-state index contributed by atoms with van der Waals surface area (Å²) in [6, 6.07) is 3.15. The number of amides is 1. The van der Waals surface area contributed by atoms with Crippen LogP contribution in [0, 0.1) is 0 Å². The molecule has 1 amide bonds. The first-order chi connectivity index (χ1) is 8.90. The third-order valence-electron chi connectivity index (χ3n) is 2.50. The Bertz CT molecular complexity index is 475. The molecule has 0 radical (unpaired) electrons. The van der Waals surface area contributed by atoms with E-state index in [1.807, 2.05) is 0 Å². The van der Waals surface area contributed by atoms with E-state index in [-0.39, 0.29) is 24.5 Å². The second kappa shape index (κ2) is 6.60.